The zero-order valence-corrected chi connectivity index (χ0v) is 14.2. The summed E-state index contributed by atoms with van der Waals surface area (Å²) in [6.45, 7) is -0.619. The summed E-state index contributed by atoms with van der Waals surface area (Å²) in [5.74, 6) is 1.57. The smallest absolute Gasteiger partial charge is 0.243 e. The van der Waals surface area contributed by atoms with E-state index in [-0.39, 0.29) is 29.6 Å². The Morgan fingerprint density at radius 2 is 2.26 bits per heavy atom. The molecule has 1 fully saturated rings. The number of aromatic nitrogens is 2. The molecule has 7 radical (unpaired) electrons. The Morgan fingerprint density at radius 3 is 2.78 bits per heavy atom. The van der Waals surface area contributed by atoms with Gasteiger partial charge in [0.2, 0.25) is 5.67 Å². The van der Waals surface area contributed by atoms with Gasteiger partial charge < -0.3 is 20.7 Å². The first kappa shape index (κ1) is 21.3. The maximum atomic E-state index is 14.9. The van der Waals surface area contributed by atoms with Crippen LogP contribution in [0.3, 0.4) is 0 Å². The van der Waals surface area contributed by atoms with Gasteiger partial charge in [0.05, 0.1) is 19.4 Å². The molecule has 131 valence electrons. The van der Waals surface area contributed by atoms with Crippen LogP contribution in [0.2, 0.25) is 0 Å². The predicted molar refractivity (Wildman–Crippen MR) is 101 cm³/mol. The average Bonchev–Trinajstić information content (AvgIpc) is 3.15. The fraction of sp³-hybridized carbons (Fsp3) is 0.462. The van der Waals surface area contributed by atoms with E-state index >= 15 is 0 Å². The SMILES string of the molecule is C#CC1(F)[C@@H](O)[C@@H](CO)O[C@H]1n1cnc2c1N=C(N)CC2=O.[B][B]B([B])[B]. The molecule has 14 heteroatoms. The van der Waals surface area contributed by atoms with Crippen molar-refractivity contribution in [1.82, 2.24) is 9.55 Å². The third kappa shape index (κ3) is 4.00. The van der Waals surface area contributed by atoms with Gasteiger partial charge >= 0.3 is 0 Å². The molecular weight excluding hydrogens is 349 g/mol. The highest BCUT2D eigenvalue weighted by molar-refractivity contribution is 7.60. The van der Waals surface area contributed by atoms with Gasteiger partial charge in [-0.05, 0) is 0 Å². The summed E-state index contributed by atoms with van der Waals surface area (Å²) >= 11 is 0. The van der Waals surface area contributed by atoms with Gasteiger partial charge in [-0.15, -0.1) is 6.42 Å². The largest absolute Gasteiger partial charge is 0.394 e. The Kier molecular flexibility index (Phi) is 6.62. The molecule has 3 rings (SSSR count). The van der Waals surface area contributed by atoms with E-state index in [4.69, 9.17) is 45.2 Å². The molecule has 0 aromatic carbocycles. The first-order valence-corrected chi connectivity index (χ1v) is 7.79. The van der Waals surface area contributed by atoms with Crippen molar-refractivity contribution in [3.63, 3.8) is 0 Å². The fourth-order valence-electron chi connectivity index (χ4n) is 2.58. The summed E-state index contributed by atoms with van der Waals surface area (Å²) in [5, 5.41) is 19.1. The van der Waals surface area contributed by atoms with Crippen LogP contribution in [-0.2, 0) is 4.74 Å². The van der Waals surface area contributed by atoms with Crippen molar-refractivity contribution >= 4 is 54.1 Å². The number of aliphatic hydroxyl groups excluding tert-OH is 2. The molecule has 2 aliphatic rings. The van der Waals surface area contributed by atoms with Gasteiger partial charge in [-0.25, -0.2) is 14.4 Å². The quantitative estimate of drug-likeness (QED) is 0.393. The van der Waals surface area contributed by atoms with E-state index in [9.17, 15) is 14.3 Å². The van der Waals surface area contributed by atoms with Crippen molar-refractivity contribution in [2.75, 3.05) is 6.61 Å². The zero-order valence-electron chi connectivity index (χ0n) is 14.2. The second-order valence-corrected chi connectivity index (χ2v) is 5.86. The van der Waals surface area contributed by atoms with Crippen LogP contribution >= 0.6 is 0 Å². The number of rotatable bonds is 3. The number of hydrogen-bond donors (Lipinski definition) is 3. The van der Waals surface area contributed by atoms with E-state index < -0.39 is 37.1 Å². The lowest BCUT2D eigenvalue weighted by Gasteiger charge is -2.24. The Bertz CT molecular complexity index is 785. The van der Waals surface area contributed by atoms with Crippen LogP contribution in [0.25, 0.3) is 0 Å². The van der Waals surface area contributed by atoms with Crippen molar-refractivity contribution in [1.29, 1.82) is 0 Å². The third-order valence-electron chi connectivity index (χ3n) is 3.94. The van der Waals surface area contributed by atoms with Crippen LogP contribution in [0, 0.1) is 12.3 Å². The standard InChI is InChI=1S/C13H13FN4O4.B5/c1-2-13(14)10(21)7(4-19)22-12(13)18-5-16-9-6(20)3-8(15)17-11(9)18;1-4-5(2)3/h1,5,7,10,12,19,21H,3-4H2,(H2,15,17);/t7-,10+,12-,13?;/m1./s1. The van der Waals surface area contributed by atoms with Crippen LogP contribution in [0.1, 0.15) is 23.1 Å². The molecule has 1 aromatic rings. The van der Waals surface area contributed by atoms with E-state index in [1.54, 1.807) is 0 Å². The number of halogens is 1. The molecule has 0 spiro atoms. The van der Waals surface area contributed by atoms with E-state index in [1.807, 2.05) is 5.92 Å². The number of ketones is 1. The Morgan fingerprint density at radius 1 is 1.63 bits per heavy atom. The summed E-state index contributed by atoms with van der Waals surface area (Å²) in [6.07, 6.45) is 1.38. The zero-order chi connectivity index (χ0) is 20.4. The third-order valence-corrected chi connectivity index (χ3v) is 3.94. The molecule has 8 nitrogen and oxygen atoms in total. The Labute approximate surface area is 160 Å². The predicted octanol–water partition coefficient (Wildman–Crippen LogP) is -2.85. The highest BCUT2D eigenvalue weighted by Gasteiger charge is 2.58. The van der Waals surface area contributed by atoms with E-state index in [2.05, 4.69) is 9.98 Å². The van der Waals surface area contributed by atoms with Crippen molar-refractivity contribution < 1.29 is 24.1 Å². The van der Waals surface area contributed by atoms with Crippen molar-refractivity contribution in [2.45, 2.75) is 30.5 Å². The van der Waals surface area contributed by atoms with Crippen molar-refractivity contribution in [3.05, 3.63) is 12.0 Å². The maximum absolute atomic E-state index is 14.9. The molecule has 4 atom stereocenters. The molecule has 0 saturated carbocycles. The Hall–Kier alpha value is -1.96. The number of hydrogen-bond acceptors (Lipinski definition) is 7. The number of amidine groups is 1. The number of terminal acetylenes is 1. The maximum Gasteiger partial charge on any atom is 0.243 e. The Balaban J connectivity index is 0.000000465. The molecular formula is C13H13B5FN4O4. The minimum absolute atomic E-state index is 0.0156. The minimum Gasteiger partial charge on any atom is -0.394 e. The molecule has 4 N–H and O–H groups in total. The summed E-state index contributed by atoms with van der Waals surface area (Å²) in [7, 11) is 15.8. The number of Topliss-reactive ketones (excluding diaryl/α,β-unsaturated/α-hetero) is 1. The van der Waals surface area contributed by atoms with Crippen LogP contribution < -0.4 is 5.73 Å². The monoisotopic (exact) mass is 363 g/mol. The number of fused-ring (bicyclic) bond motifs is 1. The summed E-state index contributed by atoms with van der Waals surface area (Å²) < 4.78 is 21.3. The molecule has 3 heterocycles. The molecule has 1 aromatic heterocycles. The number of aliphatic imine (C=N–C) groups is 1. The van der Waals surface area contributed by atoms with Gasteiger partial charge in [0.25, 0.3) is 0 Å². The van der Waals surface area contributed by atoms with Crippen LogP contribution in [-0.4, -0.2) is 92.5 Å². The van der Waals surface area contributed by atoms with Gasteiger partial charge in [-0.2, -0.15) is 0 Å². The normalized spacial score (nSPS) is 29.0. The highest BCUT2D eigenvalue weighted by atomic mass is 19.1. The average molecular weight is 362 g/mol. The van der Waals surface area contributed by atoms with Crippen LogP contribution in [0.5, 0.6) is 0 Å². The molecule has 0 amide bonds. The van der Waals surface area contributed by atoms with E-state index in [0.717, 1.165) is 10.9 Å². The lowest BCUT2D eigenvalue weighted by molar-refractivity contribution is -0.0512. The number of nitrogens with two attached hydrogens (primary N) is 1. The second-order valence-electron chi connectivity index (χ2n) is 5.86. The van der Waals surface area contributed by atoms with Gasteiger partial charge in [0, 0.05) is 36.7 Å². The number of alkyl halides is 1. The lowest BCUT2D eigenvalue weighted by atomic mass is 8.97. The first-order valence-electron chi connectivity index (χ1n) is 7.79. The molecule has 0 bridgehead atoms. The van der Waals surface area contributed by atoms with Crippen LogP contribution in [0.15, 0.2) is 11.3 Å². The van der Waals surface area contributed by atoms with Gasteiger partial charge in [0.15, 0.2) is 23.5 Å². The molecule has 0 aliphatic carbocycles. The minimum atomic E-state index is -2.60. The number of carbonyl (C=O) groups excluding carboxylic acids is 1. The number of ether oxygens (including phenoxy) is 1. The number of carbonyl (C=O) groups is 1. The van der Waals surface area contributed by atoms with E-state index in [1.165, 1.54) is 7.06 Å². The lowest BCUT2D eigenvalue weighted by Crippen LogP contribution is -2.42. The molecule has 1 saturated heterocycles. The number of aliphatic hydroxyl groups is 2. The van der Waals surface area contributed by atoms with Gasteiger partial charge in [0.1, 0.15) is 18.0 Å². The number of imidazole rings is 1. The summed E-state index contributed by atoms with van der Waals surface area (Å²) in [6, 6.07) is 0. The van der Waals surface area contributed by atoms with E-state index in [0.29, 0.717) is 0 Å². The van der Waals surface area contributed by atoms with Gasteiger partial charge in [-0.3, -0.25) is 9.36 Å². The fourth-order valence-corrected chi connectivity index (χ4v) is 2.58. The topological polar surface area (TPSA) is 123 Å². The molecule has 2 aliphatic heterocycles. The number of nitrogens with zero attached hydrogens (tertiary/aromatic N) is 3. The highest BCUT2D eigenvalue weighted by Crippen LogP contribution is 2.43. The van der Waals surface area contributed by atoms with Gasteiger partial charge in [-0.1, -0.05) is 5.92 Å². The summed E-state index contributed by atoms with van der Waals surface area (Å²) in [5.41, 5.74) is 2.99. The second kappa shape index (κ2) is 8.38. The van der Waals surface area contributed by atoms with Crippen LogP contribution in [0.4, 0.5) is 10.2 Å². The molecule has 1 unspecified atom stereocenters. The molecule has 27 heavy (non-hydrogen) atoms. The van der Waals surface area contributed by atoms with Crippen molar-refractivity contribution in [3.8, 4) is 12.3 Å². The summed E-state index contributed by atoms with van der Waals surface area (Å²) in [4.78, 5) is 19.7. The van der Waals surface area contributed by atoms with Crippen molar-refractivity contribution in [2.24, 2.45) is 10.7 Å². The first-order chi connectivity index (χ1) is 12.7.